The van der Waals surface area contributed by atoms with Crippen LogP contribution < -0.4 is 5.73 Å². The predicted octanol–water partition coefficient (Wildman–Crippen LogP) is 2.91. The van der Waals surface area contributed by atoms with Crippen molar-refractivity contribution in [1.29, 1.82) is 0 Å². The van der Waals surface area contributed by atoms with E-state index in [9.17, 15) is 9.18 Å². The molecule has 1 amide bonds. The maximum absolute atomic E-state index is 12.9. The first-order valence-electron chi connectivity index (χ1n) is 7.76. The Morgan fingerprint density at radius 2 is 2.10 bits per heavy atom. The molecule has 0 bridgehead atoms. The van der Waals surface area contributed by atoms with Crippen molar-refractivity contribution in [2.45, 2.75) is 45.1 Å². The quantitative estimate of drug-likeness (QED) is 0.927. The average Bonchev–Trinajstić information content (AvgIpc) is 2.47. The van der Waals surface area contributed by atoms with Crippen LogP contribution in [0.2, 0.25) is 0 Å². The summed E-state index contributed by atoms with van der Waals surface area (Å²) >= 11 is 0. The van der Waals surface area contributed by atoms with Crippen molar-refractivity contribution in [3.8, 4) is 0 Å². The van der Waals surface area contributed by atoms with Crippen molar-refractivity contribution < 1.29 is 9.18 Å². The van der Waals surface area contributed by atoms with Gasteiger partial charge in [0.25, 0.3) is 0 Å². The lowest BCUT2D eigenvalue weighted by Gasteiger charge is -2.38. The largest absolute Gasteiger partial charge is 0.338 e. The molecule has 0 aromatic heterocycles. The van der Waals surface area contributed by atoms with Crippen LogP contribution >= 0.6 is 0 Å². The van der Waals surface area contributed by atoms with E-state index in [1.165, 1.54) is 12.1 Å². The van der Waals surface area contributed by atoms with E-state index in [-0.39, 0.29) is 23.7 Å². The molecule has 1 aliphatic rings. The number of nitrogens with zero attached hydrogens (tertiary/aromatic N) is 1. The van der Waals surface area contributed by atoms with E-state index >= 15 is 0 Å². The van der Waals surface area contributed by atoms with Crippen LogP contribution in [-0.2, 0) is 4.79 Å². The van der Waals surface area contributed by atoms with Crippen molar-refractivity contribution in [3.63, 3.8) is 0 Å². The maximum atomic E-state index is 12.9. The Balaban J connectivity index is 1.98. The molecule has 2 N–H and O–H groups in total. The highest BCUT2D eigenvalue weighted by molar-refractivity contribution is 5.77. The first-order chi connectivity index (χ1) is 10.0. The van der Waals surface area contributed by atoms with Gasteiger partial charge in [-0.1, -0.05) is 26.0 Å². The van der Waals surface area contributed by atoms with Crippen LogP contribution in [0.25, 0.3) is 0 Å². The Morgan fingerprint density at radius 1 is 1.43 bits per heavy atom. The number of amides is 1. The fraction of sp³-hybridized carbons (Fsp3) is 0.588. The van der Waals surface area contributed by atoms with Gasteiger partial charge < -0.3 is 10.6 Å². The zero-order chi connectivity index (χ0) is 15.4. The van der Waals surface area contributed by atoms with Gasteiger partial charge in [-0.25, -0.2) is 4.39 Å². The van der Waals surface area contributed by atoms with Crippen molar-refractivity contribution in [2.24, 2.45) is 11.7 Å². The molecule has 3 atom stereocenters. The van der Waals surface area contributed by atoms with Crippen LogP contribution in [0, 0.1) is 11.7 Å². The van der Waals surface area contributed by atoms with Gasteiger partial charge in [-0.05, 0) is 42.4 Å². The molecule has 0 saturated carbocycles. The summed E-state index contributed by atoms with van der Waals surface area (Å²) < 4.78 is 12.9. The number of carbonyl (C=O) groups is 1. The van der Waals surface area contributed by atoms with Gasteiger partial charge in [0, 0.05) is 25.6 Å². The Morgan fingerprint density at radius 3 is 2.71 bits per heavy atom. The van der Waals surface area contributed by atoms with Gasteiger partial charge >= 0.3 is 0 Å². The number of hydrogen-bond donors (Lipinski definition) is 1. The van der Waals surface area contributed by atoms with E-state index in [0.29, 0.717) is 18.9 Å². The van der Waals surface area contributed by atoms with Gasteiger partial charge in [0.05, 0.1) is 0 Å². The van der Waals surface area contributed by atoms with Gasteiger partial charge in [0.15, 0.2) is 0 Å². The third-order valence-corrected chi connectivity index (χ3v) is 4.49. The number of benzene rings is 1. The molecule has 0 aliphatic carbocycles. The van der Waals surface area contributed by atoms with E-state index in [2.05, 4.69) is 6.92 Å². The van der Waals surface area contributed by atoms with Crippen molar-refractivity contribution in [1.82, 2.24) is 4.90 Å². The second-order valence-electron chi connectivity index (χ2n) is 6.26. The standard InChI is InChI=1S/C17H25FN2O/c1-12-7-8-20(16(9-12)11-19)17(21)10-13(2)14-3-5-15(18)6-4-14/h3-6,12-13,16H,7-11,19H2,1-2H3. The number of carbonyl (C=O) groups excluding carboxylic acids is 1. The van der Waals surface area contributed by atoms with E-state index in [0.717, 1.165) is 24.9 Å². The minimum absolute atomic E-state index is 0.0934. The first-order valence-corrected chi connectivity index (χ1v) is 7.76. The molecule has 3 unspecified atom stereocenters. The summed E-state index contributed by atoms with van der Waals surface area (Å²) in [4.78, 5) is 14.5. The highest BCUT2D eigenvalue weighted by Gasteiger charge is 2.29. The summed E-state index contributed by atoms with van der Waals surface area (Å²) in [5.74, 6) is 0.646. The maximum Gasteiger partial charge on any atom is 0.223 e. The molecule has 1 heterocycles. The predicted molar refractivity (Wildman–Crippen MR) is 82.4 cm³/mol. The van der Waals surface area contributed by atoms with Gasteiger partial charge in [0.1, 0.15) is 5.82 Å². The van der Waals surface area contributed by atoms with Gasteiger partial charge in [0.2, 0.25) is 5.91 Å². The lowest BCUT2D eigenvalue weighted by molar-refractivity contribution is -0.135. The number of halogens is 1. The smallest absolute Gasteiger partial charge is 0.223 e. The molecule has 1 aliphatic heterocycles. The molecule has 1 aromatic rings. The summed E-state index contributed by atoms with van der Waals surface area (Å²) in [5.41, 5.74) is 6.82. The summed E-state index contributed by atoms with van der Waals surface area (Å²) in [6.07, 6.45) is 2.50. The van der Waals surface area contributed by atoms with Crippen LogP contribution in [0.4, 0.5) is 4.39 Å². The zero-order valence-electron chi connectivity index (χ0n) is 12.9. The Hall–Kier alpha value is -1.42. The number of likely N-dealkylation sites (tertiary alicyclic amines) is 1. The van der Waals surface area contributed by atoms with Gasteiger partial charge in [-0.2, -0.15) is 0 Å². The third-order valence-electron chi connectivity index (χ3n) is 4.49. The highest BCUT2D eigenvalue weighted by Crippen LogP contribution is 2.26. The summed E-state index contributed by atoms with van der Waals surface area (Å²) in [6.45, 7) is 5.56. The highest BCUT2D eigenvalue weighted by atomic mass is 19.1. The average molecular weight is 292 g/mol. The van der Waals surface area contributed by atoms with E-state index in [1.54, 1.807) is 12.1 Å². The molecule has 2 rings (SSSR count). The van der Waals surface area contributed by atoms with E-state index < -0.39 is 0 Å². The Labute approximate surface area is 126 Å². The fourth-order valence-corrected chi connectivity index (χ4v) is 3.09. The Kier molecular flexibility index (Phi) is 5.34. The first kappa shape index (κ1) is 16.0. The molecule has 1 aromatic carbocycles. The molecule has 1 saturated heterocycles. The topological polar surface area (TPSA) is 46.3 Å². The second kappa shape index (κ2) is 7.03. The van der Waals surface area contributed by atoms with Crippen molar-refractivity contribution in [3.05, 3.63) is 35.6 Å². The molecule has 1 fully saturated rings. The van der Waals surface area contributed by atoms with Crippen LogP contribution in [-0.4, -0.2) is 29.9 Å². The number of nitrogens with two attached hydrogens (primary N) is 1. The fourth-order valence-electron chi connectivity index (χ4n) is 3.09. The van der Waals surface area contributed by atoms with Crippen molar-refractivity contribution >= 4 is 5.91 Å². The van der Waals surface area contributed by atoms with Crippen LogP contribution in [0.5, 0.6) is 0 Å². The van der Waals surface area contributed by atoms with E-state index in [4.69, 9.17) is 5.73 Å². The zero-order valence-corrected chi connectivity index (χ0v) is 12.9. The molecule has 21 heavy (non-hydrogen) atoms. The van der Waals surface area contributed by atoms with Gasteiger partial charge in [-0.15, -0.1) is 0 Å². The van der Waals surface area contributed by atoms with Crippen LogP contribution in [0.15, 0.2) is 24.3 Å². The lowest BCUT2D eigenvalue weighted by atomic mass is 9.91. The lowest BCUT2D eigenvalue weighted by Crippen LogP contribution is -2.49. The molecule has 3 nitrogen and oxygen atoms in total. The number of rotatable bonds is 4. The number of hydrogen-bond acceptors (Lipinski definition) is 2. The molecule has 116 valence electrons. The van der Waals surface area contributed by atoms with Crippen molar-refractivity contribution in [2.75, 3.05) is 13.1 Å². The van der Waals surface area contributed by atoms with Crippen LogP contribution in [0.1, 0.15) is 44.6 Å². The Bertz CT molecular complexity index is 474. The molecule has 0 spiro atoms. The normalized spacial score (nSPS) is 23.9. The summed E-state index contributed by atoms with van der Waals surface area (Å²) in [5, 5.41) is 0. The molecular weight excluding hydrogens is 267 g/mol. The SMILES string of the molecule is CC1CCN(C(=O)CC(C)c2ccc(F)cc2)C(CN)C1. The van der Waals surface area contributed by atoms with Gasteiger partial charge in [-0.3, -0.25) is 4.79 Å². The second-order valence-corrected chi connectivity index (χ2v) is 6.26. The molecule has 4 heteroatoms. The minimum atomic E-state index is -0.245. The minimum Gasteiger partial charge on any atom is -0.338 e. The van der Waals surface area contributed by atoms with E-state index in [1.807, 2.05) is 11.8 Å². The molecular formula is C17H25FN2O. The summed E-state index contributed by atoms with van der Waals surface area (Å²) in [6, 6.07) is 6.57. The molecule has 0 radical (unpaired) electrons. The summed E-state index contributed by atoms with van der Waals surface area (Å²) in [7, 11) is 0. The van der Waals surface area contributed by atoms with Crippen LogP contribution in [0.3, 0.4) is 0 Å². The third kappa shape index (κ3) is 4.03. The monoisotopic (exact) mass is 292 g/mol. The number of piperidine rings is 1.